The standard InChI is InChI=1S/C25H40O4/c1-5-8-10-12-18-27-23-15-16-24(28-19-13-11-9-6-2)22(20-23)14-17-25(26)29-21(4)7-3/h14-17,20-21H,5-13,18-19H2,1-4H3. The summed E-state index contributed by atoms with van der Waals surface area (Å²) < 4.78 is 17.2. The number of carbonyl (C=O) groups is 1. The lowest BCUT2D eigenvalue weighted by Crippen LogP contribution is -2.11. The minimum absolute atomic E-state index is 0.0841. The Kier molecular flexibility index (Phi) is 13.7. The molecule has 0 aliphatic heterocycles. The third kappa shape index (κ3) is 11.6. The highest BCUT2D eigenvalue weighted by Crippen LogP contribution is 2.26. The van der Waals surface area contributed by atoms with E-state index < -0.39 is 0 Å². The molecule has 0 N–H and O–H groups in total. The van der Waals surface area contributed by atoms with Gasteiger partial charge in [-0.3, -0.25) is 0 Å². The van der Waals surface area contributed by atoms with E-state index in [2.05, 4.69) is 13.8 Å². The smallest absolute Gasteiger partial charge is 0.331 e. The van der Waals surface area contributed by atoms with Crippen LogP contribution in [-0.4, -0.2) is 25.3 Å². The molecule has 0 spiro atoms. The Labute approximate surface area is 177 Å². The topological polar surface area (TPSA) is 44.8 Å². The molecule has 0 bridgehead atoms. The molecule has 1 aromatic rings. The van der Waals surface area contributed by atoms with E-state index in [1.54, 1.807) is 6.08 Å². The molecular weight excluding hydrogens is 364 g/mol. The fourth-order valence-electron chi connectivity index (χ4n) is 2.79. The number of esters is 1. The van der Waals surface area contributed by atoms with Gasteiger partial charge in [0.05, 0.1) is 19.3 Å². The van der Waals surface area contributed by atoms with E-state index in [1.807, 2.05) is 32.0 Å². The summed E-state index contributed by atoms with van der Waals surface area (Å²) in [5.74, 6) is 1.24. The maximum atomic E-state index is 12.0. The molecule has 0 aliphatic rings. The van der Waals surface area contributed by atoms with Gasteiger partial charge in [-0.2, -0.15) is 0 Å². The van der Waals surface area contributed by atoms with E-state index in [0.29, 0.717) is 13.2 Å². The molecule has 0 saturated carbocycles. The van der Waals surface area contributed by atoms with E-state index >= 15 is 0 Å². The molecular formula is C25H40O4. The molecule has 0 saturated heterocycles. The average Bonchev–Trinajstić information content (AvgIpc) is 2.72. The molecule has 0 amide bonds. The molecule has 0 fully saturated rings. The summed E-state index contributed by atoms with van der Waals surface area (Å²) in [6.07, 6.45) is 13.3. The fraction of sp³-hybridized carbons (Fsp3) is 0.640. The van der Waals surface area contributed by atoms with Gasteiger partial charge >= 0.3 is 5.97 Å². The maximum Gasteiger partial charge on any atom is 0.331 e. The molecule has 1 unspecified atom stereocenters. The molecule has 0 aromatic heterocycles. The van der Waals surface area contributed by atoms with Crippen molar-refractivity contribution in [2.45, 2.75) is 91.6 Å². The van der Waals surface area contributed by atoms with E-state index in [4.69, 9.17) is 14.2 Å². The predicted molar refractivity (Wildman–Crippen MR) is 121 cm³/mol. The van der Waals surface area contributed by atoms with Gasteiger partial charge in [0.25, 0.3) is 0 Å². The van der Waals surface area contributed by atoms with Gasteiger partial charge in [-0.15, -0.1) is 0 Å². The van der Waals surface area contributed by atoms with Crippen LogP contribution in [0.1, 0.15) is 91.0 Å². The molecule has 1 aromatic carbocycles. The van der Waals surface area contributed by atoms with Gasteiger partial charge in [0.1, 0.15) is 11.5 Å². The Morgan fingerprint density at radius 3 is 2.21 bits per heavy atom. The van der Waals surface area contributed by atoms with E-state index in [-0.39, 0.29) is 12.1 Å². The summed E-state index contributed by atoms with van der Waals surface area (Å²) in [7, 11) is 0. The van der Waals surface area contributed by atoms with Crippen LogP contribution in [0.25, 0.3) is 6.08 Å². The van der Waals surface area contributed by atoms with Crippen molar-refractivity contribution >= 4 is 12.0 Å². The lowest BCUT2D eigenvalue weighted by molar-refractivity contribution is -0.142. The van der Waals surface area contributed by atoms with Crippen molar-refractivity contribution in [1.29, 1.82) is 0 Å². The third-order valence-electron chi connectivity index (χ3n) is 4.79. The van der Waals surface area contributed by atoms with E-state index in [1.165, 1.54) is 44.6 Å². The summed E-state index contributed by atoms with van der Waals surface area (Å²) in [6, 6.07) is 5.81. The van der Waals surface area contributed by atoms with Gasteiger partial charge in [0.15, 0.2) is 0 Å². The van der Waals surface area contributed by atoms with Crippen molar-refractivity contribution in [1.82, 2.24) is 0 Å². The van der Waals surface area contributed by atoms with Crippen LogP contribution in [0.5, 0.6) is 11.5 Å². The Morgan fingerprint density at radius 1 is 0.931 bits per heavy atom. The van der Waals surface area contributed by atoms with Gasteiger partial charge < -0.3 is 14.2 Å². The first-order valence-corrected chi connectivity index (χ1v) is 11.4. The van der Waals surface area contributed by atoms with E-state index in [9.17, 15) is 4.79 Å². The highest BCUT2D eigenvalue weighted by Gasteiger charge is 2.07. The number of ether oxygens (including phenoxy) is 3. The Hall–Kier alpha value is -1.97. The third-order valence-corrected chi connectivity index (χ3v) is 4.79. The minimum atomic E-state index is -0.334. The second kappa shape index (κ2) is 15.9. The molecule has 164 valence electrons. The van der Waals surface area contributed by atoms with Gasteiger partial charge in [-0.05, 0) is 50.5 Å². The first-order valence-electron chi connectivity index (χ1n) is 11.4. The highest BCUT2D eigenvalue weighted by atomic mass is 16.5. The zero-order valence-corrected chi connectivity index (χ0v) is 18.9. The molecule has 29 heavy (non-hydrogen) atoms. The van der Waals surface area contributed by atoms with Crippen LogP contribution < -0.4 is 9.47 Å². The van der Waals surface area contributed by atoms with Crippen LogP contribution in [0.4, 0.5) is 0 Å². The van der Waals surface area contributed by atoms with Crippen molar-refractivity contribution in [3.63, 3.8) is 0 Å². The Bertz CT molecular complexity index is 594. The van der Waals surface area contributed by atoms with Crippen LogP contribution >= 0.6 is 0 Å². The summed E-state index contributed by atoms with van der Waals surface area (Å²) in [5, 5.41) is 0. The zero-order valence-electron chi connectivity index (χ0n) is 18.9. The van der Waals surface area contributed by atoms with Gasteiger partial charge in [0, 0.05) is 11.6 Å². The first-order chi connectivity index (χ1) is 14.1. The number of carbonyl (C=O) groups excluding carboxylic acids is 1. The molecule has 4 nitrogen and oxygen atoms in total. The second-order valence-corrected chi connectivity index (χ2v) is 7.51. The second-order valence-electron chi connectivity index (χ2n) is 7.51. The molecule has 0 radical (unpaired) electrons. The summed E-state index contributed by atoms with van der Waals surface area (Å²) in [5.41, 5.74) is 0.840. The lowest BCUT2D eigenvalue weighted by atomic mass is 10.1. The van der Waals surface area contributed by atoms with Crippen molar-refractivity contribution < 1.29 is 19.0 Å². The maximum absolute atomic E-state index is 12.0. The van der Waals surface area contributed by atoms with Crippen LogP contribution in [0.15, 0.2) is 24.3 Å². The number of unbranched alkanes of at least 4 members (excludes halogenated alkanes) is 6. The van der Waals surface area contributed by atoms with E-state index in [0.717, 1.165) is 36.3 Å². The van der Waals surface area contributed by atoms with Crippen molar-refractivity contribution in [2.24, 2.45) is 0 Å². The Balaban J connectivity index is 2.75. The van der Waals surface area contributed by atoms with Crippen molar-refractivity contribution in [2.75, 3.05) is 13.2 Å². The quantitative estimate of drug-likeness (QED) is 0.170. The summed E-state index contributed by atoms with van der Waals surface area (Å²) >= 11 is 0. The first kappa shape index (κ1) is 25.1. The average molecular weight is 405 g/mol. The Morgan fingerprint density at radius 2 is 1.59 bits per heavy atom. The largest absolute Gasteiger partial charge is 0.494 e. The molecule has 0 aliphatic carbocycles. The van der Waals surface area contributed by atoms with Crippen molar-refractivity contribution in [3.05, 3.63) is 29.8 Å². The number of rotatable bonds is 16. The number of benzene rings is 1. The van der Waals surface area contributed by atoms with Gasteiger partial charge in [-0.1, -0.05) is 59.3 Å². The van der Waals surface area contributed by atoms with Crippen LogP contribution in [-0.2, 0) is 9.53 Å². The normalized spacial score (nSPS) is 12.1. The zero-order chi connectivity index (χ0) is 21.3. The highest BCUT2D eigenvalue weighted by molar-refractivity contribution is 5.87. The predicted octanol–water partition coefficient (Wildman–Crippen LogP) is 6.96. The molecule has 4 heteroatoms. The lowest BCUT2D eigenvalue weighted by Gasteiger charge is -2.12. The number of hydrogen-bond acceptors (Lipinski definition) is 4. The monoisotopic (exact) mass is 404 g/mol. The molecule has 1 atom stereocenters. The SMILES string of the molecule is CCCCCCOc1ccc(OCCCCCC)c(C=CC(=O)OC(C)CC)c1. The van der Waals surface area contributed by atoms with Gasteiger partial charge in [-0.25, -0.2) is 4.79 Å². The number of hydrogen-bond donors (Lipinski definition) is 0. The van der Waals surface area contributed by atoms with Crippen molar-refractivity contribution in [3.8, 4) is 11.5 Å². The molecule has 0 heterocycles. The summed E-state index contributed by atoms with van der Waals surface area (Å²) in [6.45, 7) is 9.67. The minimum Gasteiger partial charge on any atom is -0.494 e. The fourth-order valence-corrected chi connectivity index (χ4v) is 2.79. The summed E-state index contributed by atoms with van der Waals surface area (Å²) in [4.78, 5) is 12.0. The van der Waals surface area contributed by atoms with Crippen LogP contribution in [0.3, 0.4) is 0 Å². The van der Waals surface area contributed by atoms with Crippen LogP contribution in [0.2, 0.25) is 0 Å². The van der Waals surface area contributed by atoms with Gasteiger partial charge in [0.2, 0.25) is 0 Å². The van der Waals surface area contributed by atoms with Crippen LogP contribution in [0, 0.1) is 0 Å². The molecule has 1 rings (SSSR count).